The van der Waals surface area contributed by atoms with Gasteiger partial charge in [0.05, 0.1) is 12.5 Å². The van der Waals surface area contributed by atoms with Gasteiger partial charge in [-0.3, -0.25) is 4.79 Å². The maximum atomic E-state index is 13.1. The third-order valence-electron chi connectivity index (χ3n) is 4.10. The SMILES string of the molecule is O=C(Cc1ccc(Cl)cc1)N1CCCC1c1ccc(F)cc1. The maximum Gasteiger partial charge on any atom is 0.227 e. The third kappa shape index (κ3) is 3.30. The highest BCUT2D eigenvalue weighted by Crippen LogP contribution is 2.32. The summed E-state index contributed by atoms with van der Waals surface area (Å²) in [6.45, 7) is 0.758. The Hall–Kier alpha value is -1.87. The minimum absolute atomic E-state index is 0.0559. The van der Waals surface area contributed by atoms with Gasteiger partial charge in [0.1, 0.15) is 5.82 Å². The van der Waals surface area contributed by atoms with Crippen molar-refractivity contribution < 1.29 is 9.18 Å². The summed E-state index contributed by atoms with van der Waals surface area (Å²) in [4.78, 5) is 14.5. The number of hydrogen-bond donors (Lipinski definition) is 0. The highest BCUT2D eigenvalue weighted by atomic mass is 35.5. The number of likely N-dealkylation sites (tertiary alicyclic amines) is 1. The molecule has 2 nitrogen and oxygen atoms in total. The van der Waals surface area contributed by atoms with Gasteiger partial charge in [-0.1, -0.05) is 35.9 Å². The fraction of sp³-hybridized carbons (Fsp3) is 0.278. The van der Waals surface area contributed by atoms with E-state index in [1.54, 1.807) is 24.3 Å². The van der Waals surface area contributed by atoms with E-state index in [4.69, 9.17) is 11.6 Å². The van der Waals surface area contributed by atoms with Crippen LogP contribution in [0.2, 0.25) is 5.02 Å². The number of carbonyl (C=O) groups is 1. The molecule has 0 aromatic heterocycles. The number of nitrogens with zero attached hydrogens (tertiary/aromatic N) is 1. The summed E-state index contributed by atoms with van der Waals surface area (Å²) in [6.07, 6.45) is 2.28. The predicted molar refractivity (Wildman–Crippen MR) is 85.2 cm³/mol. The summed E-state index contributed by atoms with van der Waals surface area (Å²) >= 11 is 5.87. The molecule has 1 unspecified atom stereocenters. The highest BCUT2D eigenvalue weighted by molar-refractivity contribution is 6.30. The second-order valence-electron chi connectivity index (χ2n) is 5.60. The quantitative estimate of drug-likeness (QED) is 0.822. The van der Waals surface area contributed by atoms with Gasteiger partial charge in [-0.15, -0.1) is 0 Å². The molecule has 1 fully saturated rings. The van der Waals surface area contributed by atoms with E-state index in [2.05, 4.69) is 0 Å². The zero-order valence-corrected chi connectivity index (χ0v) is 12.9. The van der Waals surface area contributed by atoms with Crippen molar-refractivity contribution in [3.63, 3.8) is 0 Å². The van der Waals surface area contributed by atoms with E-state index in [9.17, 15) is 9.18 Å². The lowest BCUT2D eigenvalue weighted by molar-refractivity contribution is -0.131. The standard InChI is InChI=1S/C18H17ClFNO/c19-15-7-3-13(4-8-15)12-18(22)21-11-1-2-17(21)14-5-9-16(20)10-6-14/h3-10,17H,1-2,11-12H2. The first-order valence-corrected chi connectivity index (χ1v) is 7.80. The summed E-state index contributed by atoms with van der Waals surface area (Å²) in [6, 6.07) is 13.9. The van der Waals surface area contributed by atoms with Crippen molar-refractivity contribution >= 4 is 17.5 Å². The van der Waals surface area contributed by atoms with Crippen LogP contribution in [0.5, 0.6) is 0 Å². The van der Waals surface area contributed by atoms with E-state index in [0.29, 0.717) is 11.4 Å². The number of halogens is 2. The molecule has 1 heterocycles. The lowest BCUT2D eigenvalue weighted by Gasteiger charge is -2.25. The Labute approximate surface area is 134 Å². The number of benzene rings is 2. The van der Waals surface area contributed by atoms with E-state index < -0.39 is 0 Å². The minimum atomic E-state index is -0.249. The summed E-state index contributed by atoms with van der Waals surface area (Å²) < 4.78 is 13.1. The van der Waals surface area contributed by atoms with Crippen molar-refractivity contribution in [2.45, 2.75) is 25.3 Å². The van der Waals surface area contributed by atoms with Crippen LogP contribution in [0.1, 0.15) is 30.0 Å². The third-order valence-corrected chi connectivity index (χ3v) is 4.35. The normalized spacial score (nSPS) is 17.7. The lowest BCUT2D eigenvalue weighted by atomic mass is 10.0. The molecule has 0 bridgehead atoms. The van der Waals surface area contributed by atoms with Crippen molar-refractivity contribution in [1.29, 1.82) is 0 Å². The Kier molecular flexibility index (Phi) is 4.44. The monoisotopic (exact) mass is 317 g/mol. The van der Waals surface area contributed by atoms with Crippen LogP contribution in [0, 0.1) is 5.82 Å². The fourth-order valence-corrected chi connectivity index (χ4v) is 3.10. The zero-order valence-electron chi connectivity index (χ0n) is 12.1. The van der Waals surface area contributed by atoms with E-state index in [1.807, 2.05) is 17.0 Å². The molecule has 0 radical (unpaired) electrons. The Morgan fingerprint density at radius 1 is 1.14 bits per heavy atom. The van der Waals surface area contributed by atoms with Gasteiger partial charge in [-0.05, 0) is 48.2 Å². The minimum Gasteiger partial charge on any atom is -0.335 e. The Balaban J connectivity index is 1.73. The van der Waals surface area contributed by atoms with Gasteiger partial charge in [-0.2, -0.15) is 0 Å². The van der Waals surface area contributed by atoms with Crippen molar-refractivity contribution in [2.24, 2.45) is 0 Å². The van der Waals surface area contributed by atoms with Crippen molar-refractivity contribution in [3.8, 4) is 0 Å². The largest absolute Gasteiger partial charge is 0.335 e. The van der Waals surface area contributed by atoms with Crippen LogP contribution in [0.3, 0.4) is 0 Å². The van der Waals surface area contributed by atoms with E-state index in [0.717, 1.165) is 30.5 Å². The summed E-state index contributed by atoms with van der Waals surface area (Å²) in [5, 5.41) is 0.668. The smallest absolute Gasteiger partial charge is 0.227 e. The number of amides is 1. The summed E-state index contributed by atoms with van der Waals surface area (Å²) in [5.41, 5.74) is 1.96. The van der Waals surface area contributed by atoms with E-state index in [1.165, 1.54) is 12.1 Å². The molecule has 2 aromatic carbocycles. The molecule has 1 atom stereocenters. The molecular weight excluding hydrogens is 301 g/mol. The first kappa shape index (κ1) is 15.0. The summed E-state index contributed by atoms with van der Waals surface area (Å²) in [5.74, 6) is -0.144. The van der Waals surface area contributed by atoms with Gasteiger partial charge in [0.2, 0.25) is 5.91 Å². The average molecular weight is 318 g/mol. The molecule has 3 rings (SSSR count). The molecule has 0 spiro atoms. The number of rotatable bonds is 3. The molecule has 0 saturated carbocycles. The van der Waals surface area contributed by atoms with Crippen molar-refractivity contribution in [2.75, 3.05) is 6.54 Å². The van der Waals surface area contributed by atoms with Gasteiger partial charge in [0.15, 0.2) is 0 Å². The fourth-order valence-electron chi connectivity index (χ4n) is 2.98. The summed E-state index contributed by atoms with van der Waals surface area (Å²) in [7, 11) is 0. The maximum absolute atomic E-state index is 13.1. The number of carbonyl (C=O) groups excluding carboxylic acids is 1. The average Bonchev–Trinajstić information content (AvgIpc) is 3.00. The molecule has 0 N–H and O–H groups in total. The molecule has 1 aliphatic heterocycles. The molecule has 0 aliphatic carbocycles. The van der Waals surface area contributed by atoms with Gasteiger partial charge < -0.3 is 4.90 Å². The predicted octanol–water partition coefficient (Wildman–Crippen LogP) is 4.39. The van der Waals surface area contributed by atoms with Crippen LogP contribution < -0.4 is 0 Å². The van der Waals surface area contributed by atoms with Gasteiger partial charge in [0, 0.05) is 11.6 Å². The number of hydrogen-bond acceptors (Lipinski definition) is 1. The molecule has 1 aliphatic rings. The van der Waals surface area contributed by atoms with Gasteiger partial charge in [0.25, 0.3) is 0 Å². The van der Waals surface area contributed by atoms with Gasteiger partial charge >= 0.3 is 0 Å². The van der Waals surface area contributed by atoms with Crippen LogP contribution in [0.15, 0.2) is 48.5 Å². The van der Waals surface area contributed by atoms with E-state index in [-0.39, 0.29) is 17.8 Å². The molecule has 114 valence electrons. The molecule has 4 heteroatoms. The van der Waals surface area contributed by atoms with Crippen LogP contribution in [-0.2, 0) is 11.2 Å². The second-order valence-corrected chi connectivity index (χ2v) is 6.04. The van der Waals surface area contributed by atoms with Crippen LogP contribution in [0.25, 0.3) is 0 Å². The van der Waals surface area contributed by atoms with Crippen LogP contribution in [0.4, 0.5) is 4.39 Å². The molecular formula is C18H17ClFNO. The first-order chi connectivity index (χ1) is 10.6. The molecule has 2 aromatic rings. The van der Waals surface area contributed by atoms with Crippen molar-refractivity contribution in [1.82, 2.24) is 4.90 Å². The topological polar surface area (TPSA) is 20.3 Å². The van der Waals surface area contributed by atoms with Crippen LogP contribution in [-0.4, -0.2) is 17.4 Å². The highest BCUT2D eigenvalue weighted by Gasteiger charge is 2.29. The molecule has 1 saturated heterocycles. The lowest BCUT2D eigenvalue weighted by Crippen LogP contribution is -2.31. The zero-order chi connectivity index (χ0) is 15.5. The first-order valence-electron chi connectivity index (χ1n) is 7.43. The Bertz CT molecular complexity index is 654. The Morgan fingerprint density at radius 3 is 2.50 bits per heavy atom. The molecule has 22 heavy (non-hydrogen) atoms. The Morgan fingerprint density at radius 2 is 1.82 bits per heavy atom. The molecule has 1 amide bonds. The van der Waals surface area contributed by atoms with E-state index >= 15 is 0 Å². The second kappa shape index (κ2) is 6.49. The van der Waals surface area contributed by atoms with Crippen LogP contribution >= 0.6 is 11.6 Å². The van der Waals surface area contributed by atoms with Gasteiger partial charge in [-0.25, -0.2) is 4.39 Å². The van der Waals surface area contributed by atoms with Crippen molar-refractivity contribution in [3.05, 3.63) is 70.5 Å².